The highest BCUT2D eigenvalue weighted by Gasteiger charge is 2.23. The van der Waals surface area contributed by atoms with Crippen LogP contribution in [0.1, 0.15) is 38.7 Å². The Balaban J connectivity index is 2.87. The van der Waals surface area contributed by atoms with Gasteiger partial charge in [0.05, 0.1) is 4.90 Å². The van der Waals surface area contributed by atoms with E-state index in [0.717, 1.165) is 24.8 Å². The Hall–Kier alpha value is -0.910. The van der Waals surface area contributed by atoms with Crippen LogP contribution >= 0.6 is 0 Å². The van der Waals surface area contributed by atoms with E-state index in [0.29, 0.717) is 0 Å². The Kier molecular flexibility index (Phi) is 6.65. The fourth-order valence-corrected chi connectivity index (χ4v) is 3.37. The second-order valence-corrected chi connectivity index (χ2v) is 7.06. The predicted molar refractivity (Wildman–Crippen MR) is 81.1 cm³/mol. The number of unbranched alkanes of at least 4 members (excludes halogenated alkanes) is 1. The zero-order valence-electron chi connectivity index (χ0n) is 12.5. The Morgan fingerprint density at radius 1 is 1.25 bits per heavy atom. The molecular weight excluding hydrogens is 274 g/mol. The van der Waals surface area contributed by atoms with Crippen LogP contribution in [-0.2, 0) is 10.0 Å². The van der Waals surface area contributed by atoms with Gasteiger partial charge in [-0.05, 0) is 31.4 Å². The number of rotatable bonds is 8. The number of aliphatic hydroxyl groups excluding tert-OH is 1. The Morgan fingerprint density at radius 3 is 2.35 bits per heavy atom. The summed E-state index contributed by atoms with van der Waals surface area (Å²) in [6.45, 7) is 5.82. The molecule has 1 aromatic rings. The highest BCUT2D eigenvalue weighted by molar-refractivity contribution is 7.89. The molecule has 0 radical (unpaired) electrons. The standard InChI is InChI=1S/C15H25NO3S/c1-4-5-6-15(13(3)11-17)16-20(18,19)14-9-7-12(2)8-10-14/h7-10,13,15-17H,4-6,11H2,1-3H3/t13-,15+/m1/s1. The number of aryl methyl sites for hydroxylation is 1. The van der Waals surface area contributed by atoms with Crippen molar-refractivity contribution in [2.45, 2.75) is 51.0 Å². The van der Waals surface area contributed by atoms with Crippen molar-refractivity contribution in [2.75, 3.05) is 6.61 Å². The van der Waals surface area contributed by atoms with Crippen molar-refractivity contribution in [2.24, 2.45) is 5.92 Å². The fraction of sp³-hybridized carbons (Fsp3) is 0.600. The van der Waals surface area contributed by atoms with Gasteiger partial charge in [0.2, 0.25) is 10.0 Å². The fourth-order valence-electron chi connectivity index (χ4n) is 2.00. The molecule has 0 bridgehead atoms. The largest absolute Gasteiger partial charge is 0.396 e. The molecule has 4 nitrogen and oxygen atoms in total. The molecule has 0 saturated heterocycles. The lowest BCUT2D eigenvalue weighted by Gasteiger charge is -2.23. The lowest BCUT2D eigenvalue weighted by molar-refractivity contribution is 0.205. The first-order valence-electron chi connectivity index (χ1n) is 7.10. The lowest BCUT2D eigenvalue weighted by Crippen LogP contribution is -2.40. The summed E-state index contributed by atoms with van der Waals surface area (Å²) in [4.78, 5) is 0.273. The van der Waals surface area contributed by atoms with Gasteiger partial charge in [0.1, 0.15) is 0 Å². The number of nitrogens with one attached hydrogen (secondary N) is 1. The average Bonchev–Trinajstić information content (AvgIpc) is 2.43. The highest BCUT2D eigenvalue weighted by atomic mass is 32.2. The summed E-state index contributed by atoms with van der Waals surface area (Å²) in [5.74, 6) is -0.0956. The van der Waals surface area contributed by atoms with E-state index in [9.17, 15) is 13.5 Å². The van der Waals surface area contributed by atoms with E-state index in [4.69, 9.17) is 0 Å². The molecule has 1 aromatic carbocycles. The smallest absolute Gasteiger partial charge is 0.240 e. The average molecular weight is 299 g/mol. The molecule has 0 aliphatic rings. The lowest BCUT2D eigenvalue weighted by atomic mass is 9.99. The first-order chi connectivity index (χ1) is 9.40. The molecule has 0 aliphatic heterocycles. The Morgan fingerprint density at radius 2 is 1.85 bits per heavy atom. The van der Waals surface area contributed by atoms with E-state index in [2.05, 4.69) is 11.6 Å². The van der Waals surface area contributed by atoms with E-state index in [-0.39, 0.29) is 23.5 Å². The van der Waals surface area contributed by atoms with Crippen LogP contribution < -0.4 is 4.72 Å². The summed E-state index contributed by atoms with van der Waals surface area (Å²) < 4.78 is 27.4. The highest BCUT2D eigenvalue weighted by Crippen LogP contribution is 2.16. The second kappa shape index (κ2) is 7.76. The molecule has 2 atom stereocenters. The topological polar surface area (TPSA) is 66.4 Å². The van der Waals surface area contributed by atoms with Crippen LogP contribution in [-0.4, -0.2) is 26.2 Å². The summed E-state index contributed by atoms with van der Waals surface area (Å²) in [7, 11) is -3.52. The quantitative estimate of drug-likeness (QED) is 0.775. The van der Waals surface area contributed by atoms with Gasteiger partial charge in [-0.2, -0.15) is 0 Å². The summed E-state index contributed by atoms with van der Waals surface area (Å²) in [6, 6.07) is 6.55. The van der Waals surface area contributed by atoms with Crippen molar-refractivity contribution < 1.29 is 13.5 Å². The molecule has 0 aromatic heterocycles. The molecule has 0 amide bonds. The van der Waals surface area contributed by atoms with E-state index in [1.54, 1.807) is 24.3 Å². The molecule has 5 heteroatoms. The summed E-state index contributed by atoms with van der Waals surface area (Å²) in [5, 5.41) is 9.27. The first kappa shape index (κ1) is 17.1. The van der Waals surface area contributed by atoms with Crippen LogP contribution in [0, 0.1) is 12.8 Å². The van der Waals surface area contributed by atoms with Crippen LogP contribution in [0.15, 0.2) is 29.2 Å². The molecule has 1 rings (SSSR count). The summed E-state index contributed by atoms with van der Waals surface area (Å²) in [6.07, 6.45) is 2.68. The third-order valence-corrected chi connectivity index (χ3v) is 4.99. The van der Waals surface area contributed by atoms with Gasteiger partial charge in [-0.25, -0.2) is 13.1 Å². The molecule has 0 unspecified atom stereocenters. The minimum atomic E-state index is -3.52. The normalized spacial score (nSPS) is 15.0. The Bertz CT molecular complexity index is 496. The first-order valence-corrected chi connectivity index (χ1v) is 8.59. The van der Waals surface area contributed by atoms with Crippen LogP contribution in [0.3, 0.4) is 0 Å². The molecule has 0 saturated carbocycles. The van der Waals surface area contributed by atoms with E-state index >= 15 is 0 Å². The van der Waals surface area contributed by atoms with Gasteiger partial charge in [0, 0.05) is 12.6 Å². The molecule has 0 spiro atoms. The third kappa shape index (κ3) is 4.89. The van der Waals surface area contributed by atoms with E-state index in [1.807, 2.05) is 13.8 Å². The summed E-state index contributed by atoms with van der Waals surface area (Å²) in [5.41, 5.74) is 1.02. The molecule has 2 N–H and O–H groups in total. The van der Waals surface area contributed by atoms with Crippen molar-refractivity contribution in [3.63, 3.8) is 0 Å². The van der Waals surface area contributed by atoms with Gasteiger partial charge in [-0.3, -0.25) is 0 Å². The number of sulfonamides is 1. The number of aliphatic hydroxyl groups is 1. The van der Waals surface area contributed by atoms with Gasteiger partial charge < -0.3 is 5.11 Å². The SMILES string of the molecule is CCCC[C@H](NS(=O)(=O)c1ccc(C)cc1)[C@H](C)CO. The molecule has 114 valence electrons. The maximum atomic E-state index is 12.3. The van der Waals surface area contributed by atoms with Gasteiger partial charge in [-0.15, -0.1) is 0 Å². The van der Waals surface area contributed by atoms with Crippen LogP contribution in [0.4, 0.5) is 0 Å². The molecule has 20 heavy (non-hydrogen) atoms. The van der Waals surface area contributed by atoms with Crippen molar-refractivity contribution in [3.8, 4) is 0 Å². The van der Waals surface area contributed by atoms with Gasteiger partial charge in [0.15, 0.2) is 0 Å². The minimum Gasteiger partial charge on any atom is -0.396 e. The third-order valence-electron chi connectivity index (χ3n) is 3.48. The monoisotopic (exact) mass is 299 g/mol. The molecule has 0 aliphatic carbocycles. The number of benzene rings is 1. The number of hydrogen-bond donors (Lipinski definition) is 2. The predicted octanol–water partition coefficient (Wildman–Crippen LogP) is 2.46. The second-order valence-electron chi connectivity index (χ2n) is 5.34. The van der Waals surface area contributed by atoms with Crippen molar-refractivity contribution in [1.29, 1.82) is 0 Å². The summed E-state index contributed by atoms with van der Waals surface area (Å²) >= 11 is 0. The zero-order valence-corrected chi connectivity index (χ0v) is 13.3. The zero-order chi connectivity index (χ0) is 15.2. The molecule has 0 fully saturated rings. The molecule has 0 heterocycles. The van der Waals surface area contributed by atoms with Crippen molar-refractivity contribution in [1.82, 2.24) is 4.72 Å². The van der Waals surface area contributed by atoms with Gasteiger partial charge >= 0.3 is 0 Å². The maximum absolute atomic E-state index is 12.3. The van der Waals surface area contributed by atoms with Crippen molar-refractivity contribution in [3.05, 3.63) is 29.8 Å². The van der Waals surface area contributed by atoms with E-state index < -0.39 is 10.0 Å². The Labute approximate surface area is 122 Å². The van der Waals surface area contributed by atoms with Gasteiger partial charge in [-0.1, -0.05) is 44.4 Å². The minimum absolute atomic E-state index is 0.0230. The van der Waals surface area contributed by atoms with Crippen LogP contribution in [0.5, 0.6) is 0 Å². The van der Waals surface area contributed by atoms with Crippen LogP contribution in [0.25, 0.3) is 0 Å². The van der Waals surface area contributed by atoms with E-state index in [1.165, 1.54) is 0 Å². The van der Waals surface area contributed by atoms with Crippen molar-refractivity contribution >= 4 is 10.0 Å². The van der Waals surface area contributed by atoms with Gasteiger partial charge in [0.25, 0.3) is 0 Å². The van der Waals surface area contributed by atoms with Crippen LogP contribution in [0.2, 0.25) is 0 Å². The molecular formula is C15H25NO3S. The maximum Gasteiger partial charge on any atom is 0.240 e. The number of hydrogen-bond acceptors (Lipinski definition) is 3.